The summed E-state index contributed by atoms with van der Waals surface area (Å²) in [4.78, 5) is 0. The third-order valence-corrected chi connectivity index (χ3v) is 3.18. The molecule has 0 aromatic heterocycles. The topological polar surface area (TPSA) is 0 Å². The highest BCUT2D eigenvalue weighted by Gasteiger charge is 2.17. The Hall–Kier alpha value is -2.08. The molecule has 1 aliphatic rings. The molecular formula is C17H14. The fraction of sp³-hybridized carbons (Fsp3) is 0.0588. The van der Waals surface area contributed by atoms with Gasteiger partial charge in [0, 0.05) is 5.92 Å². The summed E-state index contributed by atoms with van der Waals surface area (Å²) in [5.41, 5.74) is 4.06. The second kappa shape index (κ2) is 4.42. The molecule has 0 heteroatoms. The average Bonchev–Trinajstić information content (AvgIpc) is 2.90. The van der Waals surface area contributed by atoms with E-state index in [-0.39, 0.29) is 0 Å². The van der Waals surface area contributed by atoms with Gasteiger partial charge in [0.1, 0.15) is 0 Å². The summed E-state index contributed by atoms with van der Waals surface area (Å²) in [5, 5.41) is 0. The highest BCUT2D eigenvalue weighted by Crippen LogP contribution is 2.36. The predicted octanol–water partition coefficient (Wildman–Crippen LogP) is 4.42. The molecule has 0 N–H and O–H groups in total. The predicted molar refractivity (Wildman–Crippen MR) is 72.7 cm³/mol. The van der Waals surface area contributed by atoms with Gasteiger partial charge in [0.2, 0.25) is 0 Å². The molecule has 0 spiro atoms. The average molecular weight is 218 g/mol. The van der Waals surface area contributed by atoms with Crippen LogP contribution in [0.5, 0.6) is 0 Å². The van der Waals surface area contributed by atoms with Crippen LogP contribution in [0.1, 0.15) is 17.0 Å². The van der Waals surface area contributed by atoms with Gasteiger partial charge >= 0.3 is 0 Å². The van der Waals surface area contributed by atoms with Gasteiger partial charge in [0.15, 0.2) is 0 Å². The van der Waals surface area contributed by atoms with E-state index in [0.717, 1.165) is 0 Å². The van der Waals surface area contributed by atoms with Crippen molar-refractivity contribution in [3.63, 3.8) is 0 Å². The van der Waals surface area contributed by atoms with E-state index in [1.807, 2.05) is 0 Å². The molecule has 0 bridgehead atoms. The van der Waals surface area contributed by atoms with E-state index in [1.165, 1.54) is 16.7 Å². The lowest BCUT2D eigenvalue weighted by molar-refractivity contribution is 1.12. The first-order valence-electron chi connectivity index (χ1n) is 5.94. The molecule has 1 aliphatic carbocycles. The van der Waals surface area contributed by atoms with Gasteiger partial charge in [0.25, 0.3) is 0 Å². The molecule has 0 amide bonds. The Labute approximate surface area is 102 Å². The zero-order valence-electron chi connectivity index (χ0n) is 9.58. The summed E-state index contributed by atoms with van der Waals surface area (Å²) in [5.74, 6) is 0.401. The van der Waals surface area contributed by atoms with Crippen molar-refractivity contribution in [2.45, 2.75) is 5.92 Å². The van der Waals surface area contributed by atoms with Crippen LogP contribution in [0.2, 0.25) is 0 Å². The van der Waals surface area contributed by atoms with Gasteiger partial charge in [0.05, 0.1) is 0 Å². The second-order valence-electron chi connectivity index (χ2n) is 4.26. The van der Waals surface area contributed by atoms with Crippen LogP contribution in [0.25, 0.3) is 5.57 Å². The second-order valence-corrected chi connectivity index (χ2v) is 4.26. The minimum absolute atomic E-state index is 0.401. The Kier molecular flexibility index (Phi) is 2.63. The van der Waals surface area contributed by atoms with Gasteiger partial charge in [-0.2, -0.15) is 0 Å². The van der Waals surface area contributed by atoms with Gasteiger partial charge < -0.3 is 0 Å². The van der Waals surface area contributed by atoms with E-state index in [1.54, 1.807) is 0 Å². The number of benzene rings is 2. The van der Waals surface area contributed by atoms with E-state index in [2.05, 4.69) is 78.9 Å². The van der Waals surface area contributed by atoms with Crippen LogP contribution < -0.4 is 0 Å². The molecular weight excluding hydrogens is 204 g/mol. The van der Waals surface area contributed by atoms with Crippen molar-refractivity contribution < 1.29 is 0 Å². The highest BCUT2D eigenvalue weighted by atomic mass is 14.2. The van der Waals surface area contributed by atoms with Gasteiger partial charge in [-0.25, -0.2) is 0 Å². The normalized spacial score (nSPS) is 18.1. The monoisotopic (exact) mass is 218 g/mol. The molecule has 0 heterocycles. The van der Waals surface area contributed by atoms with E-state index in [4.69, 9.17) is 0 Å². The molecule has 0 saturated heterocycles. The summed E-state index contributed by atoms with van der Waals surface area (Å²) in [7, 11) is 0. The Morgan fingerprint density at radius 1 is 0.706 bits per heavy atom. The zero-order valence-corrected chi connectivity index (χ0v) is 9.58. The molecule has 3 rings (SSSR count). The van der Waals surface area contributed by atoms with E-state index < -0.39 is 0 Å². The molecule has 0 nitrogen and oxygen atoms in total. The summed E-state index contributed by atoms with van der Waals surface area (Å²) in [6.45, 7) is 0. The lowest BCUT2D eigenvalue weighted by Crippen LogP contribution is -1.96. The molecule has 2 aromatic carbocycles. The molecule has 0 saturated carbocycles. The SMILES string of the molecule is C1=CC(c2ccccc2)C(c2ccccc2)=C1. The molecule has 82 valence electrons. The van der Waals surface area contributed by atoms with Gasteiger partial charge in [-0.15, -0.1) is 0 Å². The zero-order chi connectivity index (χ0) is 11.5. The van der Waals surface area contributed by atoms with Gasteiger partial charge in [-0.1, -0.05) is 78.9 Å². The maximum absolute atomic E-state index is 2.26. The number of hydrogen-bond acceptors (Lipinski definition) is 0. The largest absolute Gasteiger partial charge is 0.0726 e. The Bertz CT molecular complexity index is 547. The fourth-order valence-corrected chi connectivity index (χ4v) is 2.34. The standard InChI is InChI=1S/C17H14/c1-3-8-14(9-4-1)16-12-7-13-17(16)15-10-5-2-6-11-15/h1-13,16H. The van der Waals surface area contributed by atoms with E-state index >= 15 is 0 Å². The van der Waals surface area contributed by atoms with Crippen LogP contribution in [0, 0.1) is 0 Å². The molecule has 0 aliphatic heterocycles. The summed E-state index contributed by atoms with van der Waals surface area (Å²) in [6, 6.07) is 21.2. The van der Waals surface area contributed by atoms with Gasteiger partial charge in [-0.3, -0.25) is 0 Å². The Morgan fingerprint density at radius 2 is 1.35 bits per heavy atom. The van der Waals surface area contributed by atoms with E-state index in [9.17, 15) is 0 Å². The summed E-state index contributed by atoms with van der Waals surface area (Å²) < 4.78 is 0. The summed E-state index contributed by atoms with van der Waals surface area (Å²) >= 11 is 0. The fourth-order valence-electron chi connectivity index (χ4n) is 2.34. The van der Waals surface area contributed by atoms with Crippen LogP contribution in [0.3, 0.4) is 0 Å². The lowest BCUT2D eigenvalue weighted by atomic mass is 9.89. The van der Waals surface area contributed by atoms with Crippen molar-refractivity contribution in [1.29, 1.82) is 0 Å². The third-order valence-electron chi connectivity index (χ3n) is 3.18. The van der Waals surface area contributed by atoms with Crippen LogP contribution in [0.4, 0.5) is 0 Å². The highest BCUT2D eigenvalue weighted by molar-refractivity contribution is 5.77. The number of rotatable bonds is 2. The maximum atomic E-state index is 2.26. The first kappa shape index (κ1) is 10.1. The van der Waals surface area contributed by atoms with Crippen LogP contribution >= 0.6 is 0 Å². The van der Waals surface area contributed by atoms with Crippen molar-refractivity contribution in [2.75, 3.05) is 0 Å². The lowest BCUT2D eigenvalue weighted by Gasteiger charge is -2.14. The smallest absolute Gasteiger partial charge is 0.0278 e. The molecule has 0 radical (unpaired) electrons. The van der Waals surface area contributed by atoms with Crippen molar-refractivity contribution in [3.8, 4) is 0 Å². The minimum Gasteiger partial charge on any atom is -0.0726 e. The molecule has 17 heavy (non-hydrogen) atoms. The van der Waals surface area contributed by atoms with Crippen LogP contribution in [-0.2, 0) is 0 Å². The maximum Gasteiger partial charge on any atom is 0.0278 e. The van der Waals surface area contributed by atoms with Crippen molar-refractivity contribution >= 4 is 5.57 Å². The van der Waals surface area contributed by atoms with E-state index in [0.29, 0.717) is 5.92 Å². The Morgan fingerprint density at radius 3 is 2.06 bits per heavy atom. The summed E-state index contributed by atoms with van der Waals surface area (Å²) in [6.07, 6.45) is 6.63. The molecule has 1 atom stereocenters. The molecule has 2 aromatic rings. The molecule has 0 fully saturated rings. The van der Waals surface area contributed by atoms with Crippen molar-refractivity contribution in [2.24, 2.45) is 0 Å². The quantitative estimate of drug-likeness (QED) is 0.699. The number of allylic oxidation sites excluding steroid dienone is 4. The first-order chi connectivity index (χ1) is 8.45. The third kappa shape index (κ3) is 1.94. The molecule has 1 unspecified atom stereocenters. The van der Waals surface area contributed by atoms with Gasteiger partial charge in [-0.05, 0) is 16.7 Å². The van der Waals surface area contributed by atoms with Crippen LogP contribution in [0.15, 0.2) is 78.9 Å². The van der Waals surface area contributed by atoms with Crippen molar-refractivity contribution in [3.05, 3.63) is 90.0 Å². The van der Waals surface area contributed by atoms with Crippen LogP contribution in [-0.4, -0.2) is 0 Å². The minimum atomic E-state index is 0.401. The van der Waals surface area contributed by atoms with Crippen molar-refractivity contribution in [1.82, 2.24) is 0 Å². The Balaban J connectivity index is 1.98. The first-order valence-corrected chi connectivity index (χ1v) is 5.94. The number of hydrogen-bond donors (Lipinski definition) is 0.